The van der Waals surface area contributed by atoms with Crippen LogP contribution in [0.1, 0.15) is 32.3 Å². The molecule has 1 aliphatic heterocycles. The number of ether oxygens (including phenoxy) is 2. The van der Waals surface area contributed by atoms with Crippen LogP contribution in [0.5, 0.6) is 11.5 Å². The van der Waals surface area contributed by atoms with Crippen molar-refractivity contribution in [1.82, 2.24) is 10.6 Å². The molecule has 1 fully saturated rings. The van der Waals surface area contributed by atoms with Gasteiger partial charge in [0.1, 0.15) is 11.5 Å². The Balaban J connectivity index is 1.87. The van der Waals surface area contributed by atoms with Gasteiger partial charge in [-0.25, -0.2) is 0 Å². The van der Waals surface area contributed by atoms with E-state index in [4.69, 9.17) is 9.47 Å². The average Bonchev–Trinajstić information content (AvgIpc) is 3.01. The van der Waals surface area contributed by atoms with Crippen molar-refractivity contribution in [3.8, 4) is 11.5 Å². The maximum atomic E-state index is 10.0. The van der Waals surface area contributed by atoms with Crippen LogP contribution in [-0.4, -0.2) is 50.0 Å². The van der Waals surface area contributed by atoms with Crippen LogP contribution in [0.25, 0.3) is 0 Å². The molecule has 0 aliphatic carbocycles. The zero-order chi connectivity index (χ0) is 17.4. The van der Waals surface area contributed by atoms with Crippen molar-refractivity contribution in [1.29, 1.82) is 0 Å². The summed E-state index contributed by atoms with van der Waals surface area (Å²) in [4.78, 5) is 4.64. The maximum absolute atomic E-state index is 10.0. The predicted molar refractivity (Wildman–Crippen MR) is 95.9 cm³/mol. The van der Waals surface area contributed by atoms with Gasteiger partial charge in [0.25, 0.3) is 0 Å². The van der Waals surface area contributed by atoms with Gasteiger partial charge in [0.2, 0.25) is 0 Å². The van der Waals surface area contributed by atoms with E-state index < -0.39 is 0 Å². The number of phenols is 1. The molecule has 0 aromatic heterocycles. The Labute approximate surface area is 144 Å². The Morgan fingerprint density at radius 1 is 1.42 bits per heavy atom. The molecule has 6 heteroatoms. The molecule has 0 spiro atoms. The van der Waals surface area contributed by atoms with Crippen molar-refractivity contribution >= 4 is 5.96 Å². The molecule has 1 heterocycles. The number of rotatable bonds is 7. The summed E-state index contributed by atoms with van der Waals surface area (Å²) >= 11 is 0. The zero-order valence-electron chi connectivity index (χ0n) is 14.9. The molecular weight excluding hydrogens is 306 g/mol. The van der Waals surface area contributed by atoms with Gasteiger partial charge < -0.3 is 25.2 Å². The fourth-order valence-corrected chi connectivity index (χ4v) is 2.75. The van der Waals surface area contributed by atoms with E-state index in [0.717, 1.165) is 37.5 Å². The standard InChI is InChI=1S/C18H29N3O3/c1-4-19-17(21-13-18(2)9-5-11-24-18)20-10-8-14-6-7-15(23-3)12-16(14)22/h6-7,12,22H,4-5,8-11,13H2,1-3H3,(H2,19,20,21). The second-order valence-electron chi connectivity index (χ2n) is 6.27. The molecule has 6 nitrogen and oxygen atoms in total. The van der Waals surface area contributed by atoms with Crippen molar-refractivity contribution in [2.75, 3.05) is 33.4 Å². The number of hydrogen-bond donors (Lipinski definition) is 3. The van der Waals surface area contributed by atoms with Crippen LogP contribution in [0.15, 0.2) is 23.2 Å². The molecule has 1 aliphatic rings. The van der Waals surface area contributed by atoms with Crippen molar-refractivity contribution in [2.24, 2.45) is 4.99 Å². The highest BCUT2D eigenvalue weighted by atomic mass is 16.5. The predicted octanol–water partition coefficient (Wildman–Crippen LogP) is 2.07. The minimum atomic E-state index is -0.142. The average molecular weight is 335 g/mol. The van der Waals surface area contributed by atoms with Crippen LogP contribution in [0.2, 0.25) is 0 Å². The van der Waals surface area contributed by atoms with E-state index in [-0.39, 0.29) is 11.4 Å². The van der Waals surface area contributed by atoms with Crippen LogP contribution in [0.3, 0.4) is 0 Å². The fourth-order valence-electron chi connectivity index (χ4n) is 2.75. The van der Waals surface area contributed by atoms with Crippen LogP contribution < -0.4 is 15.4 Å². The third-order valence-electron chi connectivity index (χ3n) is 4.20. The molecule has 134 valence electrons. The maximum Gasteiger partial charge on any atom is 0.191 e. The van der Waals surface area contributed by atoms with Gasteiger partial charge in [0.05, 0.1) is 19.3 Å². The Kier molecular flexibility index (Phi) is 6.73. The van der Waals surface area contributed by atoms with Gasteiger partial charge in [-0.2, -0.15) is 0 Å². The first-order valence-electron chi connectivity index (χ1n) is 8.58. The molecule has 24 heavy (non-hydrogen) atoms. The lowest BCUT2D eigenvalue weighted by molar-refractivity contribution is 0.0283. The Hall–Kier alpha value is -1.95. The number of phenolic OH excluding ortho intramolecular Hbond substituents is 1. The van der Waals surface area contributed by atoms with Crippen LogP contribution >= 0.6 is 0 Å². The third kappa shape index (κ3) is 5.30. The van der Waals surface area contributed by atoms with Crippen LogP contribution in [0.4, 0.5) is 0 Å². The molecule has 1 atom stereocenters. The molecule has 1 unspecified atom stereocenters. The molecule has 0 bridgehead atoms. The summed E-state index contributed by atoms with van der Waals surface area (Å²) in [5, 5.41) is 16.6. The van der Waals surface area contributed by atoms with Crippen molar-refractivity contribution in [3.05, 3.63) is 23.8 Å². The van der Waals surface area contributed by atoms with Gasteiger partial charge in [0, 0.05) is 25.8 Å². The number of aliphatic imine (C=N–C) groups is 1. The first-order valence-corrected chi connectivity index (χ1v) is 8.58. The molecule has 0 amide bonds. The van der Waals surface area contributed by atoms with Crippen molar-refractivity contribution in [3.63, 3.8) is 0 Å². The minimum Gasteiger partial charge on any atom is -0.508 e. The normalized spacial score (nSPS) is 20.9. The number of hydrogen-bond acceptors (Lipinski definition) is 4. The summed E-state index contributed by atoms with van der Waals surface area (Å²) in [6.07, 6.45) is 2.86. The number of methoxy groups -OCH3 is 1. The highest BCUT2D eigenvalue weighted by Gasteiger charge is 2.29. The van der Waals surface area contributed by atoms with E-state index in [2.05, 4.69) is 22.5 Å². The number of benzene rings is 1. The monoisotopic (exact) mass is 335 g/mol. The van der Waals surface area contributed by atoms with Crippen molar-refractivity contribution < 1.29 is 14.6 Å². The quantitative estimate of drug-likeness (QED) is 0.525. The van der Waals surface area contributed by atoms with E-state index in [1.165, 1.54) is 0 Å². The van der Waals surface area contributed by atoms with Gasteiger partial charge in [-0.3, -0.25) is 4.99 Å². The van der Waals surface area contributed by atoms with Gasteiger partial charge in [-0.05, 0) is 44.7 Å². The highest BCUT2D eigenvalue weighted by molar-refractivity contribution is 5.79. The molecular formula is C18H29N3O3. The largest absolute Gasteiger partial charge is 0.508 e. The second-order valence-corrected chi connectivity index (χ2v) is 6.27. The topological polar surface area (TPSA) is 75.1 Å². The summed E-state index contributed by atoms with van der Waals surface area (Å²) in [7, 11) is 1.59. The van der Waals surface area contributed by atoms with Gasteiger partial charge in [0.15, 0.2) is 5.96 Å². The Bertz CT molecular complexity index is 554. The molecule has 0 saturated carbocycles. The molecule has 1 saturated heterocycles. The summed E-state index contributed by atoms with van der Waals surface area (Å²) in [6.45, 7) is 7.12. The highest BCUT2D eigenvalue weighted by Crippen LogP contribution is 2.25. The number of aromatic hydroxyl groups is 1. The van der Waals surface area contributed by atoms with Gasteiger partial charge in [-0.15, -0.1) is 0 Å². The van der Waals surface area contributed by atoms with Crippen molar-refractivity contribution in [2.45, 2.75) is 38.7 Å². The van der Waals surface area contributed by atoms with Gasteiger partial charge >= 0.3 is 0 Å². The number of guanidine groups is 1. The second kappa shape index (κ2) is 8.78. The molecule has 0 radical (unpaired) electrons. The molecule has 1 aromatic carbocycles. The summed E-state index contributed by atoms with van der Waals surface area (Å²) in [6, 6.07) is 5.37. The summed E-state index contributed by atoms with van der Waals surface area (Å²) < 4.78 is 10.9. The molecule has 2 rings (SSSR count). The van der Waals surface area contributed by atoms with E-state index in [0.29, 0.717) is 25.3 Å². The first kappa shape index (κ1) is 18.4. The SMILES string of the molecule is CCNC(=NCC1(C)CCCO1)NCCc1ccc(OC)cc1O. The first-order chi connectivity index (χ1) is 11.6. The lowest BCUT2D eigenvalue weighted by Crippen LogP contribution is -2.40. The van der Waals surface area contributed by atoms with E-state index in [1.807, 2.05) is 19.1 Å². The zero-order valence-corrected chi connectivity index (χ0v) is 14.9. The molecule has 3 N–H and O–H groups in total. The van der Waals surface area contributed by atoms with Gasteiger partial charge in [-0.1, -0.05) is 6.07 Å². The summed E-state index contributed by atoms with van der Waals surface area (Å²) in [5.74, 6) is 1.69. The van der Waals surface area contributed by atoms with Crippen LogP contribution in [0, 0.1) is 0 Å². The Morgan fingerprint density at radius 3 is 2.88 bits per heavy atom. The van der Waals surface area contributed by atoms with Crippen LogP contribution in [-0.2, 0) is 11.2 Å². The third-order valence-corrected chi connectivity index (χ3v) is 4.20. The lowest BCUT2D eigenvalue weighted by Gasteiger charge is -2.21. The van der Waals surface area contributed by atoms with E-state index in [1.54, 1.807) is 13.2 Å². The van der Waals surface area contributed by atoms with E-state index >= 15 is 0 Å². The molecule has 1 aromatic rings. The smallest absolute Gasteiger partial charge is 0.191 e. The minimum absolute atomic E-state index is 0.142. The number of nitrogens with zero attached hydrogens (tertiary/aromatic N) is 1. The van der Waals surface area contributed by atoms with E-state index in [9.17, 15) is 5.11 Å². The summed E-state index contributed by atoms with van der Waals surface area (Å²) in [5.41, 5.74) is 0.738. The Morgan fingerprint density at radius 2 is 2.25 bits per heavy atom. The number of nitrogens with one attached hydrogen (secondary N) is 2. The lowest BCUT2D eigenvalue weighted by atomic mass is 10.0. The fraction of sp³-hybridized carbons (Fsp3) is 0.611.